The van der Waals surface area contributed by atoms with Gasteiger partial charge in [-0.3, -0.25) is 4.98 Å². The monoisotopic (exact) mass is 176 g/mol. The van der Waals surface area contributed by atoms with Crippen molar-refractivity contribution in [2.45, 2.75) is 13.1 Å². The fourth-order valence-electron chi connectivity index (χ4n) is 1.16. The highest BCUT2D eigenvalue weighted by Crippen LogP contribution is 2.15. The molecule has 1 atom stereocenters. The Hall–Kier alpha value is -1.51. The van der Waals surface area contributed by atoms with Crippen LogP contribution in [0.15, 0.2) is 30.5 Å². The van der Waals surface area contributed by atoms with Crippen molar-refractivity contribution in [1.82, 2.24) is 9.97 Å². The van der Waals surface area contributed by atoms with Gasteiger partial charge in [-0.1, -0.05) is 12.1 Å². The lowest BCUT2D eigenvalue weighted by atomic mass is 10.2. The molecule has 0 aliphatic rings. The molecule has 1 aromatic heterocycles. The van der Waals surface area contributed by atoms with Crippen molar-refractivity contribution < 1.29 is 4.39 Å². The lowest BCUT2D eigenvalue weighted by Crippen LogP contribution is -1.93. The van der Waals surface area contributed by atoms with E-state index in [2.05, 4.69) is 9.97 Å². The van der Waals surface area contributed by atoms with Crippen molar-refractivity contribution in [3.05, 3.63) is 36.2 Å². The molecule has 2 rings (SSSR count). The molecule has 0 spiro atoms. The van der Waals surface area contributed by atoms with Crippen LogP contribution in [0, 0.1) is 0 Å². The molecule has 0 aliphatic carbocycles. The number of alkyl halides is 1. The summed E-state index contributed by atoms with van der Waals surface area (Å²) in [5.41, 5.74) is 1.93. The van der Waals surface area contributed by atoms with Crippen molar-refractivity contribution in [2.24, 2.45) is 0 Å². The van der Waals surface area contributed by atoms with Gasteiger partial charge in [0.05, 0.1) is 22.9 Å². The Morgan fingerprint density at radius 1 is 1.23 bits per heavy atom. The van der Waals surface area contributed by atoms with E-state index >= 15 is 0 Å². The highest BCUT2D eigenvalue weighted by atomic mass is 19.1. The minimum Gasteiger partial charge on any atom is -0.253 e. The summed E-state index contributed by atoms with van der Waals surface area (Å²) in [4.78, 5) is 8.24. The summed E-state index contributed by atoms with van der Waals surface area (Å²) >= 11 is 0. The molecule has 0 N–H and O–H groups in total. The number of benzene rings is 1. The first-order valence-corrected chi connectivity index (χ1v) is 4.13. The standard InChI is InChI=1S/C10H9FN2/c1-7(11)10-6-12-8-4-2-3-5-9(8)13-10/h2-7H,1H3. The summed E-state index contributed by atoms with van der Waals surface area (Å²) in [5, 5.41) is 0. The Morgan fingerprint density at radius 3 is 2.62 bits per heavy atom. The van der Waals surface area contributed by atoms with Gasteiger partial charge in [-0.15, -0.1) is 0 Å². The molecule has 0 aliphatic heterocycles. The molecule has 0 amide bonds. The molecule has 0 saturated heterocycles. The molecule has 3 heteroatoms. The molecule has 2 nitrogen and oxygen atoms in total. The molecule has 2 aromatic rings. The average molecular weight is 176 g/mol. The molecule has 1 aromatic carbocycles. The van der Waals surface area contributed by atoms with Crippen LogP contribution in [0.25, 0.3) is 11.0 Å². The predicted molar refractivity (Wildman–Crippen MR) is 49.1 cm³/mol. The number of hydrogen-bond donors (Lipinski definition) is 0. The minimum atomic E-state index is -1.06. The summed E-state index contributed by atoms with van der Waals surface area (Å²) < 4.78 is 12.9. The van der Waals surface area contributed by atoms with Gasteiger partial charge in [0.2, 0.25) is 0 Å². The van der Waals surface area contributed by atoms with E-state index in [0.29, 0.717) is 5.69 Å². The average Bonchev–Trinajstić information content (AvgIpc) is 2.17. The van der Waals surface area contributed by atoms with Crippen LogP contribution in [0.1, 0.15) is 18.8 Å². The second-order valence-electron chi connectivity index (χ2n) is 2.90. The highest BCUT2D eigenvalue weighted by Gasteiger charge is 2.05. The van der Waals surface area contributed by atoms with Crippen LogP contribution in [0.4, 0.5) is 4.39 Å². The van der Waals surface area contributed by atoms with Gasteiger partial charge >= 0.3 is 0 Å². The van der Waals surface area contributed by atoms with Crippen LogP contribution in [-0.2, 0) is 0 Å². The number of nitrogens with zero attached hydrogens (tertiary/aromatic N) is 2. The molecule has 13 heavy (non-hydrogen) atoms. The van der Waals surface area contributed by atoms with Gasteiger partial charge in [-0.05, 0) is 19.1 Å². The van der Waals surface area contributed by atoms with E-state index in [1.807, 2.05) is 24.3 Å². The highest BCUT2D eigenvalue weighted by molar-refractivity contribution is 5.73. The van der Waals surface area contributed by atoms with Gasteiger partial charge in [-0.2, -0.15) is 0 Å². The fraction of sp³-hybridized carbons (Fsp3) is 0.200. The van der Waals surface area contributed by atoms with Crippen LogP contribution >= 0.6 is 0 Å². The molecule has 1 unspecified atom stereocenters. The molecule has 0 radical (unpaired) electrons. The van der Waals surface area contributed by atoms with Gasteiger partial charge in [0.1, 0.15) is 6.17 Å². The quantitative estimate of drug-likeness (QED) is 0.667. The zero-order valence-corrected chi connectivity index (χ0v) is 7.24. The van der Waals surface area contributed by atoms with Crippen LogP contribution in [0.3, 0.4) is 0 Å². The van der Waals surface area contributed by atoms with Gasteiger partial charge in [0, 0.05) is 0 Å². The van der Waals surface area contributed by atoms with E-state index in [9.17, 15) is 4.39 Å². The smallest absolute Gasteiger partial charge is 0.141 e. The zero-order chi connectivity index (χ0) is 9.26. The molecule has 66 valence electrons. The summed E-state index contributed by atoms with van der Waals surface area (Å²) in [7, 11) is 0. The van der Waals surface area contributed by atoms with E-state index in [1.54, 1.807) is 0 Å². The fourth-order valence-corrected chi connectivity index (χ4v) is 1.16. The summed E-state index contributed by atoms with van der Waals surface area (Å²) in [6, 6.07) is 7.43. The number of hydrogen-bond acceptors (Lipinski definition) is 2. The Balaban J connectivity index is 2.62. The first-order valence-electron chi connectivity index (χ1n) is 4.13. The van der Waals surface area contributed by atoms with E-state index < -0.39 is 6.17 Å². The van der Waals surface area contributed by atoms with E-state index in [-0.39, 0.29) is 0 Å². The largest absolute Gasteiger partial charge is 0.253 e. The number of halogens is 1. The summed E-state index contributed by atoms with van der Waals surface area (Å²) in [6.45, 7) is 1.46. The van der Waals surface area contributed by atoms with Crippen LogP contribution < -0.4 is 0 Å². The third-order valence-electron chi connectivity index (χ3n) is 1.87. The Morgan fingerprint density at radius 2 is 1.92 bits per heavy atom. The molecule has 1 heterocycles. The zero-order valence-electron chi connectivity index (χ0n) is 7.24. The Kier molecular flexibility index (Phi) is 1.93. The first kappa shape index (κ1) is 8.10. The van der Waals surface area contributed by atoms with Crippen LogP contribution in [-0.4, -0.2) is 9.97 Å². The number of aromatic nitrogens is 2. The molecule has 0 fully saturated rings. The molecular formula is C10H9FN2. The second kappa shape index (κ2) is 3.09. The van der Waals surface area contributed by atoms with E-state index in [0.717, 1.165) is 11.0 Å². The Labute approximate surface area is 75.4 Å². The Bertz CT molecular complexity index is 426. The van der Waals surface area contributed by atoms with E-state index in [1.165, 1.54) is 13.1 Å². The summed E-state index contributed by atoms with van der Waals surface area (Å²) in [5.74, 6) is 0. The maximum Gasteiger partial charge on any atom is 0.141 e. The predicted octanol–water partition coefficient (Wildman–Crippen LogP) is 2.66. The summed E-state index contributed by atoms with van der Waals surface area (Å²) in [6.07, 6.45) is 0.421. The van der Waals surface area contributed by atoms with Crippen LogP contribution in [0.2, 0.25) is 0 Å². The normalized spacial score (nSPS) is 13.1. The minimum absolute atomic E-state index is 0.388. The lowest BCUT2D eigenvalue weighted by Gasteiger charge is -2.01. The van der Waals surface area contributed by atoms with Gasteiger partial charge in [-0.25, -0.2) is 9.37 Å². The molecular weight excluding hydrogens is 167 g/mol. The van der Waals surface area contributed by atoms with Crippen molar-refractivity contribution in [1.29, 1.82) is 0 Å². The van der Waals surface area contributed by atoms with Crippen molar-refractivity contribution in [3.63, 3.8) is 0 Å². The van der Waals surface area contributed by atoms with E-state index in [4.69, 9.17) is 0 Å². The third-order valence-corrected chi connectivity index (χ3v) is 1.87. The number of para-hydroxylation sites is 2. The van der Waals surface area contributed by atoms with Crippen LogP contribution in [0.5, 0.6) is 0 Å². The van der Waals surface area contributed by atoms with Crippen molar-refractivity contribution in [3.8, 4) is 0 Å². The third kappa shape index (κ3) is 1.49. The molecule has 0 bridgehead atoms. The number of rotatable bonds is 1. The second-order valence-corrected chi connectivity index (χ2v) is 2.90. The maximum atomic E-state index is 12.9. The topological polar surface area (TPSA) is 25.8 Å². The first-order chi connectivity index (χ1) is 6.27. The van der Waals surface area contributed by atoms with Gasteiger partial charge < -0.3 is 0 Å². The van der Waals surface area contributed by atoms with Gasteiger partial charge in [0.15, 0.2) is 0 Å². The van der Waals surface area contributed by atoms with Crippen molar-refractivity contribution in [2.75, 3.05) is 0 Å². The van der Waals surface area contributed by atoms with Gasteiger partial charge in [0.25, 0.3) is 0 Å². The number of fused-ring (bicyclic) bond motifs is 1. The maximum absolute atomic E-state index is 12.9. The lowest BCUT2D eigenvalue weighted by molar-refractivity contribution is 0.366. The molecule has 0 saturated carbocycles. The SMILES string of the molecule is CC(F)c1cnc2ccccc2n1. The van der Waals surface area contributed by atoms with Crippen molar-refractivity contribution >= 4 is 11.0 Å².